The molecule has 2 aromatic carbocycles. The number of rotatable bonds is 7. The number of anilines is 2. The van der Waals surface area contributed by atoms with Crippen molar-refractivity contribution in [3.63, 3.8) is 0 Å². The average molecular weight is 395 g/mol. The van der Waals surface area contributed by atoms with Crippen LogP contribution in [0.4, 0.5) is 22.9 Å². The fourth-order valence-electron chi connectivity index (χ4n) is 2.56. The molecule has 0 amide bonds. The van der Waals surface area contributed by atoms with Crippen molar-refractivity contribution in [1.82, 2.24) is 9.97 Å². The molecule has 3 rings (SSSR count). The van der Waals surface area contributed by atoms with Crippen LogP contribution >= 0.6 is 0 Å². The average Bonchev–Trinajstić information content (AvgIpc) is 2.68. The Morgan fingerprint density at radius 3 is 2.34 bits per heavy atom. The van der Waals surface area contributed by atoms with E-state index in [1.54, 1.807) is 12.1 Å². The molecule has 148 valence electrons. The first-order valence-corrected chi connectivity index (χ1v) is 8.64. The summed E-state index contributed by atoms with van der Waals surface area (Å²) in [5.74, 6) is 0.343. The predicted octanol–water partition coefficient (Wildman–Crippen LogP) is 4.95. The molecule has 10 nitrogen and oxygen atoms in total. The van der Waals surface area contributed by atoms with E-state index in [1.807, 2.05) is 12.1 Å². The molecule has 0 saturated heterocycles. The molecule has 0 saturated carbocycles. The monoisotopic (exact) mass is 395 g/mol. The third kappa shape index (κ3) is 4.61. The second-order valence-corrected chi connectivity index (χ2v) is 6.39. The highest BCUT2D eigenvalue weighted by Gasteiger charge is 2.25. The van der Waals surface area contributed by atoms with Crippen LogP contribution in [0.2, 0.25) is 0 Å². The molecule has 0 aliphatic carbocycles. The topological polar surface area (TPSA) is 133 Å². The Morgan fingerprint density at radius 1 is 1.00 bits per heavy atom. The van der Waals surface area contributed by atoms with Crippen molar-refractivity contribution in [2.24, 2.45) is 0 Å². The highest BCUT2D eigenvalue weighted by molar-refractivity contribution is 5.69. The number of nitro benzene ring substituents is 1. The quantitative estimate of drug-likeness (QED) is 0.438. The second-order valence-electron chi connectivity index (χ2n) is 6.39. The van der Waals surface area contributed by atoms with Crippen LogP contribution in [0.15, 0.2) is 54.9 Å². The van der Waals surface area contributed by atoms with Crippen LogP contribution in [-0.4, -0.2) is 19.8 Å². The molecular formula is C19H17N5O5. The van der Waals surface area contributed by atoms with Gasteiger partial charge in [-0.15, -0.1) is 0 Å². The number of non-ortho nitro benzene ring substituents is 1. The van der Waals surface area contributed by atoms with Crippen LogP contribution in [-0.2, 0) is 0 Å². The van der Waals surface area contributed by atoms with E-state index < -0.39 is 15.5 Å². The number of nitrogens with zero attached hydrogens (tertiary/aromatic N) is 4. The lowest BCUT2D eigenvalue weighted by Gasteiger charge is -2.10. The molecule has 1 aromatic heterocycles. The third-order valence-corrected chi connectivity index (χ3v) is 4.05. The summed E-state index contributed by atoms with van der Waals surface area (Å²) in [7, 11) is 0. The summed E-state index contributed by atoms with van der Waals surface area (Å²) in [6.07, 6.45) is 1.12. The van der Waals surface area contributed by atoms with E-state index in [0.717, 1.165) is 11.9 Å². The maximum Gasteiger partial charge on any atom is 0.373 e. The summed E-state index contributed by atoms with van der Waals surface area (Å²) in [6.45, 7) is 4.11. The molecule has 29 heavy (non-hydrogen) atoms. The number of nitrogens with one attached hydrogen (secondary N) is 1. The van der Waals surface area contributed by atoms with Gasteiger partial charge < -0.3 is 10.1 Å². The van der Waals surface area contributed by atoms with Crippen molar-refractivity contribution in [3.8, 4) is 11.6 Å². The van der Waals surface area contributed by atoms with Crippen LogP contribution in [0, 0.1) is 20.2 Å². The number of ether oxygens (including phenoxy) is 1. The molecule has 0 bridgehead atoms. The lowest BCUT2D eigenvalue weighted by atomic mass is 10.0. The molecule has 0 unspecified atom stereocenters. The van der Waals surface area contributed by atoms with Gasteiger partial charge in [-0.1, -0.05) is 32.0 Å². The third-order valence-electron chi connectivity index (χ3n) is 4.05. The molecule has 0 atom stereocenters. The van der Waals surface area contributed by atoms with Crippen LogP contribution < -0.4 is 10.1 Å². The summed E-state index contributed by atoms with van der Waals surface area (Å²) >= 11 is 0. The van der Waals surface area contributed by atoms with Crippen LogP contribution in [0.3, 0.4) is 0 Å². The lowest BCUT2D eigenvalue weighted by molar-refractivity contribution is -0.385. The molecule has 0 fully saturated rings. The fraction of sp³-hybridized carbons (Fsp3) is 0.158. The minimum absolute atomic E-state index is 0.140. The van der Waals surface area contributed by atoms with Gasteiger partial charge in [-0.25, -0.2) is 4.98 Å². The molecule has 0 aliphatic heterocycles. The molecule has 0 spiro atoms. The Morgan fingerprint density at radius 2 is 1.72 bits per heavy atom. The van der Waals surface area contributed by atoms with Gasteiger partial charge in [0.05, 0.1) is 9.85 Å². The van der Waals surface area contributed by atoms with Gasteiger partial charge >= 0.3 is 11.6 Å². The normalized spacial score (nSPS) is 10.6. The maximum atomic E-state index is 11.6. The van der Waals surface area contributed by atoms with Gasteiger partial charge in [-0.2, -0.15) is 4.98 Å². The number of hydrogen-bond acceptors (Lipinski definition) is 8. The van der Waals surface area contributed by atoms with Gasteiger partial charge in [-0.05, 0) is 29.7 Å². The van der Waals surface area contributed by atoms with E-state index in [1.165, 1.54) is 24.3 Å². The van der Waals surface area contributed by atoms with Crippen molar-refractivity contribution in [1.29, 1.82) is 0 Å². The predicted molar refractivity (Wildman–Crippen MR) is 106 cm³/mol. The highest BCUT2D eigenvalue weighted by Crippen LogP contribution is 2.36. The Balaban J connectivity index is 1.92. The molecule has 1 N–H and O–H groups in total. The number of hydrogen-bond donors (Lipinski definition) is 1. The zero-order valence-electron chi connectivity index (χ0n) is 15.6. The van der Waals surface area contributed by atoms with Crippen molar-refractivity contribution in [3.05, 3.63) is 80.7 Å². The fourth-order valence-corrected chi connectivity index (χ4v) is 2.56. The summed E-state index contributed by atoms with van der Waals surface area (Å²) in [5.41, 5.74) is 0.733. The smallest absolute Gasteiger partial charge is 0.373 e. The van der Waals surface area contributed by atoms with Gasteiger partial charge in [0.15, 0.2) is 0 Å². The summed E-state index contributed by atoms with van der Waals surface area (Å²) in [5, 5.41) is 25.3. The van der Waals surface area contributed by atoms with Gasteiger partial charge in [0.2, 0.25) is 5.82 Å². The first-order valence-electron chi connectivity index (χ1n) is 8.64. The van der Waals surface area contributed by atoms with Crippen molar-refractivity contribution >= 4 is 22.9 Å². The summed E-state index contributed by atoms with van der Waals surface area (Å²) in [4.78, 5) is 29.1. The number of benzene rings is 2. The van der Waals surface area contributed by atoms with Crippen molar-refractivity contribution in [2.75, 3.05) is 5.32 Å². The van der Waals surface area contributed by atoms with E-state index in [0.29, 0.717) is 11.7 Å². The zero-order chi connectivity index (χ0) is 21.0. The van der Waals surface area contributed by atoms with E-state index in [9.17, 15) is 20.2 Å². The van der Waals surface area contributed by atoms with Gasteiger partial charge in [0, 0.05) is 17.8 Å². The molecule has 0 radical (unpaired) electrons. The van der Waals surface area contributed by atoms with E-state index in [2.05, 4.69) is 29.1 Å². The van der Waals surface area contributed by atoms with Crippen LogP contribution in [0.25, 0.3) is 0 Å². The highest BCUT2D eigenvalue weighted by atomic mass is 16.6. The van der Waals surface area contributed by atoms with E-state index >= 15 is 0 Å². The molecule has 10 heteroatoms. The standard InChI is InChI=1S/C19H17N5O5/c1-12(2)13-6-8-16(9-7-13)29-19-17(24(27)28)18(20-11-21-19)22-14-4-3-5-15(10-14)23(25)26/h3-12H,1-2H3,(H,20,21,22). The molecular weight excluding hydrogens is 378 g/mol. The largest absolute Gasteiger partial charge is 0.434 e. The van der Waals surface area contributed by atoms with Crippen molar-refractivity contribution in [2.45, 2.75) is 19.8 Å². The van der Waals surface area contributed by atoms with Crippen LogP contribution in [0.5, 0.6) is 11.6 Å². The van der Waals surface area contributed by atoms with Gasteiger partial charge in [0.1, 0.15) is 12.1 Å². The summed E-state index contributed by atoms with van der Waals surface area (Å²) in [6, 6.07) is 12.7. The Bertz CT molecular complexity index is 1050. The van der Waals surface area contributed by atoms with E-state index in [-0.39, 0.29) is 23.1 Å². The Hall–Kier alpha value is -4.08. The van der Waals surface area contributed by atoms with E-state index in [4.69, 9.17) is 4.74 Å². The Labute approximate surface area is 165 Å². The second kappa shape index (κ2) is 8.30. The Kier molecular flexibility index (Phi) is 5.63. The first kappa shape index (κ1) is 19.7. The molecule has 0 aliphatic rings. The van der Waals surface area contributed by atoms with Crippen molar-refractivity contribution < 1.29 is 14.6 Å². The minimum atomic E-state index is -0.669. The number of aromatic nitrogens is 2. The van der Waals surface area contributed by atoms with Crippen LogP contribution in [0.1, 0.15) is 25.3 Å². The zero-order valence-corrected chi connectivity index (χ0v) is 15.6. The number of nitro groups is 2. The van der Waals surface area contributed by atoms with Gasteiger partial charge in [0.25, 0.3) is 5.69 Å². The first-order chi connectivity index (χ1) is 13.8. The lowest BCUT2D eigenvalue weighted by Crippen LogP contribution is -2.04. The summed E-state index contributed by atoms with van der Waals surface area (Å²) < 4.78 is 5.60. The maximum absolute atomic E-state index is 11.6. The molecule has 1 heterocycles. The molecule has 3 aromatic rings. The SMILES string of the molecule is CC(C)c1ccc(Oc2ncnc(Nc3cccc([N+](=O)[O-])c3)c2[N+](=O)[O-])cc1. The minimum Gasteiger partial charge on any atom is -0.434 e. The van der Waals surface area contributed by atoms with Gasteiger partial charge in [-0.3, -0.25) is 20.2 Å².